The Morgan fingerprint density at radius 1 is 1.06 bits per heavy atom. The molecular formula is C21H30N5O5P. The van der Waals surface area contributed by atoms with Gasteiger partial charge in [0.1, 0.15) is 18.6 Å². The normalized spacial score (nSPS) is 14.0. The van der Waals surface area contributed by atoms with Crippen molar-refractivity contribution < 1.29 is 23.1 Å². The number of anilines is 1. The van der Waals surface area contributed by atoms with Gasteiger partial charge >= 0.3 is 7.60 Å². The van der Waals surface area contributed by atoms with E-state index in [1.165, 1.54) is 6.33 Å². The molecule has 0 saturated heterocycles. The lowest BCUT2D eigenvalue weighted by molar-refractivity contribution is -0.0823. The minimum Gasteiger partial charge on any atom is -0.382 e. The second-order valence-corrected chi connectivity index (χ2v) is 9.21. The predicted molar refractivity (Wildman–Crippen MR) is 121 cm³/mol. The van der Waals surface area contributed by atoms with Crippen molar-refractivity contribution in [1.82, 2.24) is 19.5 Å². The maximum absolute atomic E-state index is 13.2. The second-order valence-electron chi connectivity index (χ2n) is 7.11. The summed E-state index contributed by atoms with van der Waals surface area (Å²) in [6.45, 7) is 6.47. The van der Waals surface area contributed by atoms with Crippen LogP contribution in [0, 0.1) is 0 Å². The Balaban J connectivity index is 1.75. The summed E-state index contributed by atoms with van der Waals surface area (Å²) in [4.78, 5) is 12.4. The number of rotatable bonds is 13. The third-order valence-corrected chi connectivity index (χ3v) is 6.90. The van der Waals surface area contributed by atoms with Crippen molar-refractivity contribution in [3.63, 3.8) is 0 Å². The highest BCUT2D eigenvalue weighted by Crippen LogP contribution is 2.49. The van der Waals surface area contributed by atoms with E-state index in [4.69, 9.17) is 24.3 Å². The Morgan fingerprint density at radius 2 is 1.78 bits per heavy atom. The highest BCUT2D eigenvalue weighted by molar-refractivity contribution is 7.53. The largest absolute Gasteiger partial charge is 0.382 e. The van der Waals surface area contributed by atoms with Crippen LogP contribution in [0.5, 0.6) is 0 Å². The second kappa shape index (κ2) is 11.5. The Labute approximate surface area is 187 Å². The molecule has 0 bridgehead atoms. The van der Waals surface area contributed by atoms with Crippen LogP contribution in [0.15, 0.2) is 43.0 Å². The van der Waals surface area contributed by atoms with Crippen LogP contribution < -0.4 is 5.73 Å². The van der Waals surface area contributed by atoms with Gasteiger partial charge in [-0.2, -0.15) is 0 Å². The van der Waals surface area contributed by atoms with E-state index in [0.29, 0.717) is 23.6 Å². The van der Waals surface area contributed by atoms with E-state index in [1.54, 1.807) is 24.7 Å². The molecule has 0 radical (unpaired) electrons. The Morgan fingerprint density at radius 3 is 2.47 bits per heavy atom. The summed E-state index contributed by atoms with van der Waals surface area (Å²) in [5.41, 5.74) is 7.94. The Kier molecular flexibility index (Phi) is 8.72. The molecule has 3 rings (SSSR count). The zero-order chi connectivity index (χ0) is 23.0. The van der Waals surface area contributed by atoms with Gasteiger partial charge in [0.2, 0.25) is 0 Å². The lowest BCUT2D eigenvalue weighted by Crippen LogP contribution is -2.33. The van der Waals surface area contributed by atoms with E-state index in [1.807, 2.05) is 37.3 Å². The molecule has 2 aromatic heterocycles. The molecule has 0 fully saturated rings. The number of aromatic nitrogens is 4. The number of ether oxygens (including phenoxy) is 2. The summed E-state index contributed by atoms with van der Waals surface area (Å²) in [5.74, 6) is 0.294. The predicted octanol–water partition coefficient (Wildman–Crippen LogP) is 3.62. The smallest absolute Gasteiger partial charge is 0.333 e. The molecule has 0 aliphatic heterocycles. The first-order valence-electron chi connectivity index (χ1n) is 10.5. The molecule has 2 heterocycles. The molecule has 10 nitrogen and oxygen atoms in total. The molecule has 174 valence electrons. The Hall–Kier alpha value is -2.36. The first kappa shape index (κ1) is 24.3. The van der Waals surface area contributed by atoms with Crippen LogP contribution in [-0.4, -0.2) is 51.1 Å². The van der Waals surface area contributed by atoms with Crippen LogP contribution in [0.3, 0.4) is 0 Å². The van der Waals surface area contributed by atoms with Crippen molar-refractivity contribution in [2.45, 2.75) is 46.3 Å². The Bertz CT molecular complexity index is 1020. The van der Waals surface area contributed by atoms with Gasteiger partial charge in [-0.15, -0.1) is 0 Å². The third-order valence-electron chi connectivity index (χ3n) is 4.79. The van der Waals surface area contributed by atoms with E-state index in [0.717, 1.165) is 5.56 Å². The quantitative estimate of drug-likeness (QED) is 0.378. The fourth-order valence-electron chi connectivity index (χ4n) is 3.17. The number of nitrogens with zero attached hydrogens (tertiary/aromatic N) is 4. The molecule has 0 saturated carbocycles. The van der Waals surface area contributed by atoms with E-state index in [9.17, 15) is 4.57 Å². The van der Waals surface area contributed by atoms with Gasteiger partial charge in [0.05, 0.1) is 44.5 Å². The van der Waals surface area contributed by atoms with E-state index in [2.05, 4.69) is 15.0 Å². The van der Waals surface area contributed by atoms with Crippen LogP contribution >= 0.6 is 7.60 Å². The molecular weight excluding hydrogens is 433 g/mol. The molecule has 0 aliphatic rings. The van der Waals surface area contributed by atoms with E-state index < -0.39 is 13.7 Å². The molecule has 1 aromatic carbocycles. The van der Waals surface area contributed by atoms with Crippen molar-refractivity contribution in [2.24, 2.45) is 0 Å². The number of imidazole rings is 1. The van der Waals surface area contributed by atoms with Crippen LogP contribution in [0.4, 0.5) is 5.82 Å². The fourth-order valence-corrected chi connectivity index (χ4v) is 5.09. The molecule has 0 spiro atoms. The fraction of sp³-hybridized carbons (Fsp3) is 0.476. The molecule has 32 heavy (non-hydrogen) atoms. The minimum absolute atomic E-state index is 0.0500. The van der Waals surface area contributed by atoms with Crippen LogP contribution in [0.1, 0.15) is 26.3 Å². The highest BCUT2D eigenvalue weighted by Gasteiger charge is 2.33. The van der Waals surface area contributed by atoms with Crippen molar-refractivity contribution in [3.05, 3.63) is 48.5 Å². The molecule has 0 unspecified atom stereocenters. The first-order valence-corrected chi connectivity index (χ1v) is 12.2. The number of hydrogen-bond acceptors (Lipinski definition) is 9. The van der Waals surface area contributed by atoms with Gasteiger partial charge in [-0.1, -0.05) is 30.3 Å². The summed E-state index contributed by atoms with van der Waals surface area (Å²) in [7, 11) is -3.36. The summed E-state index contributed by atoms with van der Waals surface area (Å²) < 4.78 is 38.0. The van der Waals surface area contributed by atoms with Crippen molar-refractivity contribution in [3.8, 4) is 0 Å². The SMILES string of the molecule is CCOP(=O)(C[C@@H](OCn1cnc2c(N)ncnc21)[C@H](C)OCc1ccccc1)OCC. The maximum Gasteiger partial charge on any atom is 0.333 e. The van der Waals surface area contributed by atoms with Crippen molar-refractivity contribution in [1.29, 1.82) is 0 Å². The molecule has 0 aliphatic carbocycles. The van der Waals surface area contributed by atoms with Gasteiger partial charge < -0.3 is 24.3 Å². The van der Waals surface area contributed by atoms with Gasteiger partial charge in [-0.25, -0.2) is 15.0 Å². The van der Waals surface area contributed by atoms with Crippen LogP contribution in [0.2, 0.25) is 0 Å². The standard InChI is InChI=1S/C21H30N5O5P/c1-4-30-32(27,31-5-2)12-18(16(3)28-11-17-9-7-6-8-10-17)29-15-26-14-25-19-20(22)23-13-24-21(19)26/h6-10,13-14,16,18H,4-5,11-12,15H2,1-3H3,(H2,22,23,24)/t16-,18+/m0/s1. The topological polar surface area (TPSA) is 124 Å². The average molecular weight is 463 g/mol. The van der Waals surface area contributed by atoms with Gasteiger partial charge in [0, 0.05) is 0 Å². The molecule has 11 heteroatoms. The zero-order valence-electron chi connectivity index (χ0n) is 18.6. The van der Waals surface area contributed by atoms with Crippen molar-refractivity contribution in [2.75, 3.05) is 25.1 Å². The van der Waals surface area contributed by atoms with Crippen LogP contribution in [-0.2, 0) is 36.4 Å². The third kappa shape index (κ3) is 6.34. The first-order chi connectivity index (χ1) is 15.5. The van der Waals surface area contributed by atoms with Gasteiger partial charge in [-0.05, 0) is 26.3 Å². The molecule has 2 N–H and O–H groups in total. The summed E-state index contributed by atoms with van der Waals surface area (Å²) in [6, 6.07) is 9.82. The monoisotopic (exact) mass is 463 g/mol. The summed E-state index contributed by atoms with van der Waals surface area (Å²) in [6.07, 6.45) is 2.04. The van der Waals surface area contributed by atoms with E-state index >= 15 is 0 Å². The molecule has 2 atom stereocenters. The lowest BCUT2D eigenvalue weighted by Gasteiger charge is -2.28. The summed E-state index contributed by atoms with van der Waals surface area (Å²) >= 11 is 0. The molecule has 3 aromatic rings. The number of fused-ring (bicyclic) bond motifs is 1. The minimum atomic E-state index is -3.36. The van der Waals surface area contributed by atoms with Crippen molar-refractivity contribution >= 4 is 24.6 Å². The van der Waals surface area contributed by atoms with Crippen LogP contribution in [0.25, 0.3) is 11.2 Å². The molecule has 0 amide bonds. The number of benzene rings is 1. The van der Waals surface area contributed by atoms with E-state index in [-0.39, 0.29) is 32.2 Å². The number of nitrogens with two attached hydrogens (primary N) is 1. The number of nitrogen functional groups attached to an aromatic ring is 1. The van der Waals surface area contributed by atoms with Gasteiger partial charge in [0.25, 0.3) is 0 Å². The highest BCUT2D eigenvalue weighted by atomic mass is 31.2. The average Bonchev–Trinajstić information content (AvgIpc) is 3.20. The maximum atomic E-state index is 13.2. The zero-order valence-corrected chi connectivity index (χ0v) is 19.5. The van der Waals surface area contributed by atoms with Gasteiger partial charge in [0.15, 0.2) is 11.5 Å². The number of hydrogen-bond donors (Lipinski definition) is 1. The van der Waals surface area contributed by atoms with Gasteiger partial charge in [-0.3, -0.25) is 9.13 Å². The lowest BCUT2D eigenvalue weighted by atomic mass is 10.2. The summed E-state index contributed by atoms with van der Waals surface area (Å²) in [5, 5.41) is 0.